The Hall–Kier alpha value is -0.570. The molecule has 1 aliphatic rings. The van der Waals surface area contributed by atoms with Crippen LogP contribution in [0.25, 0.3) is 0 Å². The lowest BCUT2D eigenvalue weighted by molar-refractivity contribution is -0.155. The Bertz CT molecular complexity index is 168. The molecule has 0 amide bonds. The largest absolute Gasteiger partial charge is 0.460 e. The van der Waals surface area contributed by atoms with E-state index in [-0.39, 0.29) is 18.1 Å². The van der Waals surface area contributed by atoms with Crippen molar-refractivity contribution in [3.8, 4) is 0 Å². The van der Waals surface area contributed by atoms with Crippen LogP contribution in [0.1, 0.15) is 27.2 Å². The van der Waals surface area contributed by atoms with Gasteiger partial charge in [0, 0.05) is 6.54 Å². The summed E-state index contributed by atoms with van der Waals surface area (Å²) in [5.74, 6) is 0.436. The molecule has 3 nitrogen and oxygen atoms in total. The predicted octanol–water partition coefficient (Wildman–Crippen LogP) is 0.936. The standard InChI is InChI=1S/C9H17NO2/c1-6(2)4-8-9(11)12-7(3)5-10-8/h6-8,10H,4-5H2,1-3H3. The number of morpholine rings is 1. The average Bonchev–Trinajstić information content (AvgIpc) is 1.94. The highest BCUT2D eigenvalue weighted by Crippen LogP contribution is 2.10. The van der Waals surface area contributed by atoms with Crippen molar-refractivity contribution in [3.05, 3.63) is 0 Å². The minimum atomic E-state index is -0.0950. The van der Waals surface area contributed by atoms with Crippen LogP contribution in [0.15, 0.2) is 0 Å². The smallest absolute Gasteiger partial charge is 0.323 e. The molecular weight excluding hydrogens is 154 g/mol. The van der Waals surface area contributed by atoms with E-state index in [4.69, 9.17) is 4.74 Å². The van der Waals surface area contributed by atoms with Gasteiger partial charge >= 0.3 is 5.97 Å². The van der Waals surface area contributed by atoms with Crippen LogP contribution in [0.3, 0.4) is 0 Å². The SMILES string of the molecule is CC(C)CC1NCC(C)OC1=O. The van der Waals surface area contributed by atoms with Gasteiger partial charge in [0.2, 0.25) is 0 Å². The van der Waals surface area contributed by atoms with Crippen molar-refractivity contribution in [3.63, 3.8) is 0 Å². The van der Waals surface area contributed by atoms with E-state index in [9.17, 15) is 4.79 Å². The summed E-state index contributed by atoms with van der Waals surface area (Å²) >= 11 is 0. The Kier molecular flexibility index (Phi) is 3.09. The van der Waals surface area contributed by atoms with Crippen molar-refractivity contribution in [2.75, 3.05) is 6.54 Å². The van der Waals surface area contributed by atoms with Crippen LogP contribution in [0, 0.1) is 5.92 Å². The molecule has 3 heteroatoms. The Labute approximate surface area is 73.5 Å². The number of carbonyl (C=O) groups excluding carboxylic acids is 1. The van der Waals surface area contributed by atoms with Crippen molar-refractivity contribution < 1.29 is 9.53 Å². The van der Waals surface area contributed by atoms with Crippen LogP contribution in [0.4, 0.5) is 0 Å². The molecular formula is C9H17NO2. The molecule has 1 heterocycles. The van der Waals surface area contributed by atoms with Gasteiger partial charge in [0.05, 0.1) is 0 Å². The summed E-state index contributed by atoms with van der Waals surface area (Å²) in [5.41, 5.74) is 0. The first-order chi connectivity index (χ1) is 5.59. The first-order valence-corrected chi connectivity index (χ1v) is 4.53. The van der Waals surface area contributed by atoms with Crippen LogP contribution in [0.5, 0.6) is 0 Å². The quantitative estimate of drug-likeness (QED) is 0.628. The fraction of sp³-hybridized carbons (Fsp3) is 0.889. The van der Waals surface area contributed by atoms with Crippen molar-refractivity contribution in [2.24, 2.45) is 5.92 Å². The summed E-state index contributed by atoms with van der Waals surface area (Å²) in [5, 5.41) is 3.18. The minimum Gasteiger partial charge on any atom is -0.460 e. The molecule has 0 spiro atoms. The van der Waals surface area contributed by atoms with Crippen LogP contribution >= 0.6 is 0 Å². The predicted molar refractivity (Wildman–Crippen MR) is 46.8 cm³/mol. The van der Waals surface area contributed by atoms with Gasteiger partial charge in [0.1, 0.15) is 12.1 Å². The van der Waals surface area contributed by atoms with Crippen LogP contribution in [-0.2, 0) is 9.53 Å². The Morgan fingerprint density at radius 1 is 1.67 bits per heavy atom. The van der Waals surface area contributed by atoms with E-state index in [2.05, 4.69) is 19.2 Å². The van der Waals surface area contributed by atoms with E-state index in [1.54, 1.807) is 0 Å². The summed E-state index contributed by atoms with van der Waals surface area (Å²) in [6.45, 7) is 6.89. The molecule has 0 aromatic rings. The fourth-order valence-electron chi connectivity index (χ4n) is 1.36. The first-order valence-electron chi connectivity index (χ1n) is 4.53. The van der Waals surface area contributed by atoms with E-state index in [1.165, 1.54) is 0 Å². The van der Waals surface area contributed by atoms with Gasteiger partial charge in [-0.2, -0.15) is 0 Å². The van der Waals surface area contributed by atoms with Gasteiger partial charge in [-0.25, -0.2) is 0 Å². The van der Waals surface area contributed by atoms with Gasteiger partial charge in [-0.15, -0.1) is 0 Å². The summed E-state index contributed by atoms with van der Waals surface area (Å²) in [4.78, 5) is 11.3. The van der Waals surface area contributed by atoms with Crippen LogP contribution in [0.2, 0.25) is 0 Å². The lowest BCUT2D eigenvalue weighted by Gasteiger charge is -2.28. The molecule has 0 bridgehead atoms. The van der Waals surface area contributed by atoms with E-state index in [0.29, 0.717) is 5.92 Å². The summed E-state index contributed by atoms with van der Waals surface area (Å²) in [6, 6.07) is -0.0822. The highest BCUT2D eigenvalue weighted by molar-refractivity contribution is 5.76. The van der Waals surface area contributed by atoms with Gasteiger partial charge < -0.3 is 10.1 Å². The van der Waals surface area contributed by atoms with Crippen LogP contribution < -0.4 is 5.32 Å². The zero-order chi connectivity index (χ0) is 9.14. The Morgan fingerprint density at radius 3 is 2.83 bits per heavy atom. The summed E-state index contributed by atoms with van der Waals surface area (Å²) in [6.07, 6.45) is 0.895. The van der Waals surface area contributed by atoms with Crippen molar-refractivity contribution >= 4 is 5.97 Å². The number of rotatable bonds is 2. The van der Waals surface area contributed by atoms with E-state index in [0.717, 1.165) is 13.0 Å². The maximum absolute atomic E-state index is 11.3. The van der Waals surface area contributed by atoms with Gasteiger partial charge in [-0.3, -0.25) is 4.79 Å². The molecule has 1 aliphatic heterocycles. The zero-order valence-electron chi connectivity index (χ0n) is 7.96. The maximum atomic E-state index is 11.3. The Morgan fingerprint density at radius 2 is 2.33 bits per heavy atom. The second kappa shape index (κ2) is 3.90. The van der Waals surface area contributed by atoms with E-state index >= 15 is 0 Å². The molecule has 0 aromatic heterocycles. The van der Waals surface area contributed by atoms with Gasteiger partial charge in [-0.1, -0.05) is 13.8 Å². The second-order valence-electron chi connectivity index (χ2n) is 3.84. The molecule has 0 saturated carbocycles. The number of carbonyl (C=O) groups is 1. The monoisotopic (exact) mass is 171 g/mol. The van der Waals surface area contributed by atoms with Gasteiger partial charge in [-0.05, 0) is 19.3 Å². The number of cyclic esters (lactones) is 1. The molecule has 0 aliphatic carbocycles. The van der Waals surface area contributed by atoms with E-state index in [1.807, 2.05) is 6.92 Å². The van der Waals surface area contributed by atoms with E-state index < -0.39 is 0 Å². The fourth-order valence-corrected chi connectivity index (χ4v) is 1.36. The number of nitrogens with one attached hydrogen (secondary N) is 1. The lowest BCUT2D eigenvalue weighted by atomic mass is 10.0. The number of hydrogen-bond donors (Lipinski definition) is 1. The van der Waals surface area contributed by atoms with Crippen molar-refractivity contribution in [2.45, 2.75) is 39.3 Å². The number of esters is 1. The minimum absolute atomic E-state index is 0.0286. The van der Waals surface area contributed by atoms with Gasteiger partial charge in [0.15, 0.2) is 0 Å². The molecule has 0 aromatic carbocycles. The van der Waals surface area contributed by atoms with Gasteiger partial charge in [0.25, 0.3) is 0 Å². The second-order valence-corrected chi connectivity index (χ2v) is 3.84. The van der Waals surface area contributed by atoms with Crippen molar-refractivity contribution in [1.29, 1.82) is 0 Å². The molecule has 0 radical (unpaired) electrons. The summed E-state index contributed by atoms with van der Waals surface area (Å²) < 4.78 is 5.10. The third kappa shape index (κ3) is 2.48. The first kappa shape index (κ1) is 9.52. The third-order valence-electron chi connectivity index (χ3n) is 1.96. The number of ether oxygens (including phenoxy) is 1. The Balaban J connectivity index is 2.40. The zero-order valence-corrected chi connectivity index (χ0v) is 7.96. The number of hydrogen-bond acceptors (Lipinski definition) is 3. The molecule has 2 atom stereocenters. The lowest BCUT2D eigenvalue weighted by Crippen LogP contribution is -2.49. The maximum Gasteiger partial charge on any atom is 0.323 e. The molecule has 1 rings (SSSR count). The molecule has 70 valence electrons. The van der Waals surface area contributed by atoms with Crippen LogP contribution in [-0.4, -0.2) is 24.7 Å². The van der Waals surface area contributed by atoms with Crippen molar-refractivity contribution in [1.82, 2.24) is 5.32 Å². The third-order valence-corrected chi connectivity index (χ3v) is 1.96. The molecule has 12 heavy (non-hydrogen) atoms. The molecule has 2 unspecified atom stereocenters. The highest BCUT2D eigenvalue weighted by atomic mass is 16.5. The molecule has 1 N–H and O–H groups in total. The topological polar surface area (TPSA) is 38.3 Å². The molecule has 1 fully saturated rings. The average molecular weight is 171 g/mol. The normalized spacial score (nSPS) is 30.5. The highest BCUT2D eigenvalue weighted by Gasteiger charge is 2.27. The molecule has 1 saturated heterocycles. The summed E-state index contributed by atoms with van der Waals surface area (Å²) in [7, 11) is 0.